The van der Waals surface area contributed by atoms with Gasteiger partial charge in [0.2, 0.25) is 0 Å². The number of benzene rings is 2. The Labute approximate surface area is 151 Å². The Kier molecular flexibility index (Phi) is 5.12. The quantitative estimate of drug-likeness (QED) is 0.721. The van der Waals surface area contributed by atoms with Gasteiger partial charge in [0.05, 0.1) is 0 Å². The number of anilines is 4. The van der Waals surface area contributed by atoms with Gasteiger partial charge in [-0.1, -0.05) is 0 Å². The summed E-state index contributed by atoms with van der Waals surface area (Å²) in [6.07, 6.45) is 1.57. The monoisotopic (exact) mass is 350 g/mol. The fraction of sp³-hybridized carbons (Fsp3) is 0.100. The van der Waals surface area contributed by atoms with Crippen molar-refractivity contribution in [2.75, 3.05) is 29.6 Å². The molecule has 26 heavy (non-hydrogen) atoms. The van der Waals surface area contributed by atoms with Gasteiger partial charge in [-0.3, -0.25) is 4.79 Å². The van der Waals surface area contributed by atoms with E-state index in [1.807, 2.05) is 43.3 Å². The summed E-state index contributed by atoms with van der Waals surface area (Å²) in [6.45, 7) is 0. The molecule has 6 heteroatoms. The normalized spacial score (nSPS) is 10.3. The molecule has 3 rings (SSSR count). The molecule has 0 spiro atoms. The number of rotatable bonds is 5. The number of nitrogens with one attached hydrogen (secondary N) is 2. The summed E-state index contributed by atoms with van der Waals surface area (Å²) in [7, 11) is 3.96. The highest BCUT2D eigenvalue weighted by Crippen LogP contribution is 2.20. The van der Waals surface area contributed by atoms with Gasteiger partial charge in [-0.2, -0.15) is 0 Å². The van der Waals surface area contributed by atoms with Gasteiger partial charge >= 0.3 is 0 Å². The number of halogens is 1. The molecule has 0 bridgehead atoms. The number of carbonyl (C=O) groups excluding carboxylic acids is 1. The lowest BCUT2D eigenvalue weighted by atomic mass is 10.2. The van der Waals surface area contributed by atoms with Crippen LogP contribution in [0.15, 0.2) is 66.9 Å². The molecule has 0 saturated heterocycles. The molecule has 2 N–H and O–H groups in total. The Hall–Kier alpha value is -3.41. The molecule has 0 aliphatic rings. The molecule has 1 amide bonds. The highest BCUT2D eigenvalue weighted by Gasteiger charge is 2.08. The van der Waals surface area contributed by atoms with Crippen LogP contribution in [0, 0.1) is 5.82 Å². The van der Waals surface area contributed by atoms with Gasteiger partial charge in [0, 0.05) is 42.9 Å². The second-order valence-electron chi connectivity index (χ2n) is 5.96. The van der Waals surface area contributed by atoms with E-state index in [4.69, 9.17) is 0 Å². The van der Waals surface area contributed by atoms with Crippen LogP contribution in [0.3, 0.4) is 0 Å². The van der Waals surface area contributed by atoms with Crippen molar-refractivity contribution in [3.63, 3.8) is 0 Å². The summed E-state index contributed by atoms with van der Waals surface area (Å²) in [4.78, 5) is 18.6. The molecule has 0 aliphatic heterocycles. The lowest BCUT2D eigenvalue weighted by Gasteiger charge is -2.13. The molecule has 1 heterocycles. The summed E-state index contributed by atoms with van der Waals surface area (Å²) < 4.78 is 12.9. The summed E-state index contributed by atoms with van der Waals surface area (Å²) in [5.41, 5.74) is 2.95. The topological polar surface area (TPSA) is 57.3 Å². The Morgan fingerprint density at radius 1 is 0.962 bits per heavy atom. The van der Waals surface area contributed by atoms with Crippen LogP contribution in [0.5, 0.6) is 0 Å². The van der Waals surface area contributed by atoms with Crippen LogP contribution in [0.25, 0.3) is 0 Å². The second-order valence-corrected chi connectivity index (χ2v) is 5.96. The summed E-state index contributed by atoms with van der Waals surface area (Å²) >= 11 is 0. The van der Waals surface area contributed by atoms with E-state index >= 15 is 0 Å². The number of amides is 1. The third-order valence-corrected chi connectivity index (χ3v) is 3.78. The molecule has 0 radical (unpaired) electrons. The van der Waals surface area contributed by atoms with Crippen LogP contribution >= 0.6 is 0 Å². The Bertz CT molecular complexity index is 892. The maximum Gasteiger partial charge on any atom is 0.255 e. The van der Waals surface area contributed by atoms with E-state index in [9.17, 15) is 9.18 Å². The first kappa shape index (κ1) is 17.4. The predicted octanol–water partition coefficient (Wildman–Crippen LogP) is 4.28. The number of nitrogens with zero attached hydrogens (tertiary/aromatic N) is 2. The van der Waals surface area contributed by atoms with E-state index in [2.05, 4.69) is 15.6 Å². The minimum atomic E-state index is -0.348. The highest BCUT2D eigenvalue weighted by atomic mass is 19.1. The van der Waals surface area contributed by atoms with E-state index in [0.717, 1.165) is 11.4 Å². The van der Waals surface area contributed by atoms with Crippen molar-refractivity contribution < 1.29 is 9.18 Å². The van der Waals surface area contributed by atoms with Gasteiger partial charge in [0.1, 0.15) is 11.6 Å². The zero-order chi connectivity index (χ0) is 18.5. The van der Waals surface area contributed by atoms with Crippen molar-refractivity contribution in [3.05, 3.63) is 78.2 Å². The molecular weight excluding hydrogens is 331 g/mol. The molecule has 5 nitrogen and oxygen atoms in total. The van der Waals surface area contributed by atoms with Crippen molar-refractivity contribution in [2.45, 2.75) is 0 Å². The van der Waals surface area contributed by atoms with Crippen LogP contribution in [0.4, 0.5) is 27.3 Å². The first-order chi connectivity index (χ1) is 12.5. The molecule has 0 saturated carbocycles. The molecule has 0 fully saturated rings. The van der Waals surface area contributed by atoms with Crippen molar-refractivity contribution in [2.24, 2.45) is 0 Å². The minimum Gasteiger partial charge on any atom is -0.378 e. The number of hydrogen-bond acceptors (Lipinski definition) is 4. The molecule has 0 aliphatic carbocycles. The van der Waals surface area contributed by atoms with E-state index in [-0.39, 0.29) is 11.7 Å². The third-order valence-electron chi connectivity index (χ3n) is 3.78. The first-order valence-corrected chi connectivity index (χ1v) is 8.09. The van der Waals surface area contributed by atoms with Crippen LogP contribution < -0.4 is 15.5 Å². The van der Waals surface area contributed by atoms with Gasteiger partial charge in [-0.15, -0.1) is 0 Å². The fourth-order valence-corrected chi connectivity index (χ4v) is 2.37. The number of pyridine rings is 1. The summed E-state index contributed by atoms with van der Waals surface area (Å²) in [5.74, 6) is -0.0712. The van der Waals surface area contributed by atoms with Crippen molar-refractivity contribution in [1.29, 1.82) is 0 Å². The van der Waals surface area contributed by atoms with Crippen LogP contribution in [0.1, 0.15) is 10.4 Å². The van der Waals surface area contributed by atoms with E-state index in [0.29, 0.717) is 17.1 Å². The average molecular weight is 350 g/mol. The number of carbonyl (C=O) groups is 1. The molecule has 1 aromatic heterocycles. The minimum absolute atomic E-state index is 0.287. The van der Waals surface area contributed by atoms with Crippen LogP contribution in [-0.4, -0.2) is 25.0 Å². The van der Waals surface area contributed by atoms with Gasteiger partial charge in [0.15, 0.2) is 0 Å². The Balaban J connectivity index is 1.71. The zero-order valence-corrected chi connectivity index (χ0v) is 14.5. The smallest absolute Gasteiger partial charge is 0.255 e. The van der Waals surface area contributed by atoms with Gasteiger partial charge in [0.25, 0.3) is 5.91 Å². The lowest BCUT2D eigenvalue weighted by molar-refractivity contribution is 0.102. The molecule has 0 atom stereocenters. The fourth-order valence-electron chi connectivity index (χ4n) is 2.37. The van der Waals surface area contributed by atoms with E-state index in [1.54, 1.807) is 18.3 Å². The maximum absolute atomic E-state index is 12.9. The Morgan fingerprint density at radius 3 is 2.27 bits per heavy atom. The summed E-state index contributed by atoms with van der Waals surface area (Å²) in [6, 6.07) is 16.8. The molecular formula is C20H19FN4O. The molecule has 3 aromatic rings. The molecule has 2 aromatic carbocycles. The number of hydrogen-bond donors (Lipinski definition) is 2. The maximum atomic E-state index is 12.9. The van der Waals surface area contributed by atoms with Gasteiger partial charge < -0.3 is 15.5 Å². The largest absolute Gasteiger partial charge is 0.378 e. The highest BCUT2D eigenvalue weighted by molar-refractivity contribution is 6.04. The van der Waals surface area contributed by atoms with E-state index in [1.165, 1.54) is 24.3 Å². The van der Waals surface area contributed by atoms with Crippen molar-refractivity contribution in [3.8, 4) is 0 Å². The van der Waals surface area contributed by atoms with Gasteiger partial charge in [-0.25, -0.2) is 9.37 Å². The Morgan fingerprint density at radius 2 is 1.62 bits per heavy atom. The van der Waals surface area contributed by atoms with Gasteiger partial charge in [-0.05, 0) is 60.7 Å². The van der Waals surface area contributed by atoms with Crippen LogP contribution in [-0.2, 0) is 0 Å². The number of aromatic nitrogens is 1. The third kappa shape index (κ3) is 4.36. The second kappa shape index (κ2) is 7.65. The SMILES string of the molecule is CN(C)c1ccc(Nc2cc(C(=O)Nc3ccc(F)cc3)ccn2)cc1. The van der Waals surface area contributed by atoms with Crippen molar-refractivity contribution >= 4 is 28.8 Å². The summed E-state index contributed by atoms with van der Waals surface area (Å²) in [5, 5.41) is 5.91. The molecule has 0 unspecified atom stereocenters. The first-order valence-electron chi connectivity index (χ1n) is 8.09. The average Bonchev–Trinajstić information content (AvgIpc) is 2.64. The predicted molar refractivity (Wildman–Crippen MR) is 103 cm³/mol. The standard InChI is InChI=1S/C20H19FN4O/c1-25(2)18-9-7-16(8-10-18)23-19-13-14(11-12-22-19)20(26)24-17-5-3-15(21)4-6-17/h3-13H,1-2H3,(H,22,23)(H,24,26). The van der Waals surface area contributed by atoms with E-state index < -0.39 is 0 Å². The molecule has 132 valence electrons. The van der Waals surface area contributed by atoms with Crippen LogP contribution in [0.2, 0.25) is 0 Å². The van der Waals surface area contributed by atoms with Crippen molar-refractivity contribution in [1.82, 2.24) is 4.98 Å². The zero-order valence-electron chi connectivity index (χ0n) is 14.5. The lowest BCUT2D eigenvalue weighted by Crippen LogP contribution is -2.12.